The van der Waals surface area contributed by atoms with Gasteiger partial charge in [0.25, 0.3) is 0 Å². The molecule has 0 atom stereocenters. The first-order valence-corrected chi connectivity index (χ1v) is 9.30. The maximum absolute atomic E-state index is 12.6. The van der Waals surface area contributed by atoms with Crippen LogP contribution in [0, 0.1) is 6.92 Å². The Morgan fingerprint density at radius 2 is 1.82 bits per heavy atom. The summed E-state index contributed by atoms with van der Waals surface area (Å²) < 4.78 is 1.74. The molecule has 0 fully saturated rings. The minimum absolute atomic E-state index is 0.314. The number of amides is 2. The van der Waals surface area contributed by atoms with Crippen LogP contribution in [0.2, 0.25) is 0 Å². The van der Waals surface area contributed by atoms with Crippen LogP contribution >= 0.6 is 0 Å². The number of nitrogen functional groups attached to an aromatic ring is 1. The molecule has 6 nitrogen and oxygen atoms in total. The van der Waals surface area contributed by atoms with E-state index >= 15 is 0 Å². The molecule has 1 heterocycles. The Labute approximate surface area is 165 Å². The molecule has 0 saturated carbocycles. The third-order valence-electron chi connectivity index (χ3n) is 4.38. The van der Waals surface area contributed by atoms with Crippen LogP contribution in [-0.4, -0.2) is 15.8 Å². The molecule has 2 aromatic carbocycles. The maximum atomic E-state index is 12.6. The summed E-state index contributed by atoms with van der Waals surface area (Å²) in [6.45, 7) is 8.52. The van der Waals surface area contributed by atoms with Gasteiger partial charge in [0.2, 0.25) is 0 Å². The van der Waals surface area contributed by atoms with Gasteiger partial charge in [-0.2, -0.15) is 5.10 Å². The molecular weight excluding hydrogens is 350 g/mol. The van der Waals surface area contributed by atoms with E-state index in [1.807, 2.05) is 82.3 Å². The fourth-order valence-corrected chi connectivity index (χ4v) is 3.03. The van der Waals surface area contributed by atoms with Gasteiger partial charge in [-0.25, -0.2) is 9.48 Å². The predicted octanol–water partition coefficient (Wildman–Crippen LogP) is 4.52. The molecule has 0 unspecified atom stereocenters. The van der Waals surface area contributed by atoms with Gasteiger partial charge in [0.05, 0.1) is 5.54 Å². The Bertz CT molecular complexity index is 970. The number of nitrogens with zero attached hydrogens (tertiary/aromatic N) is 2. The lowest BCUT2D eigenvalue weighted by Gasteiger charge is -2.20. The summed E-state index contributed by atoms with van der Waals surface area (Å²) in [7, 11) is 0. The van der Waals surface area contributed by atoms with Crippen molar-refractivity contribution < 1.29 is 4.79 Å². The number of benzene rings is 2. The summed E-state index contributed by atoms with van der Waals surface area (Å²) in [4.78, 5) is 12.6. The van der Waals surface area contributed by atoms with Crippen LogP contribution in [0.15, 0.2) is 54.6 Å². The van der Waals surface area contributed by atoms with Crippen molar-refractivity contribution in [3.8, 4) is 11.3 Å². The lowest BCUT2D eigenvalue weighted by atomic mass is 10.1. The lowest BCUT2D eigenvalue weighted by molar-refractivity contribution is 0.251. The fraction of sp³-hybridized carbons (Fsp3) is 0.273. The summed E-state index contributed by atoms with van der Waals surface area (Å²) in [5, 5.41) is 10.5. The van der Waals surface area contributed by atoms with Crippen molar-refractivity contribution in [3.63, 3.8) is 0 Å². The number of rotatable bonds is 4. The summed E-state index contributed by atoms with van der Waals surface area (Å²) in [6.07, 6.45) is 0. The Balaban J connectivity index is 1.85. The third-order valence-corrected chi connectivity index (χ3v) is 4.38. The lowest BCUT2D eigenvalue weighted by Crippen LogP contribution is -2.29. The minimum atomic E-state index is -0.321. The SMILES string of the molecule is Cc1cccc(CNC(=O)Nc2c(-c3ccccc3)nn(C(C)(C)C)c2N)c1. The van der Waals surface area contributed by atoms with Crippen molar-refractivity contribution >= 4 is 17.5 Å². The Morgan fingerprint density at radius 1 is 1.11 bits per heavy atom. The topological polar surface area (TPSA) is 85.0 Å². The van der Waals surface area contributed by atoms with Crippen LogP contribution < -0.4 is 16.4 Å². The quantitative estimate of drug-likeness (QED) is 0.625. The van der Waals surface area contributed by atoms with Gasteiger partial charge in [0.15, 0.2) is 0 Å². The molecule has 0 spiro atoms. The van der Waals surface area contributed by atoms with E-state index < -0.39 is 0 Å². The molecule has 146 valence electrons. The van der Waals surface area contributed by atoms with E-state index in [2.05, 4.69) is 15.7 Å². The zero-order valence-electron chi connectivity index (χ0n) is 16.8. The number of aryl methyl sites for hydroxylation is 1. The van der Waals surface area contributed by atoms with E-state index in [-0.39, 0.29) is 11.6 Å². The fourth-order valence-electron chi connectivity index (χ4n) is 3.03. The highest BCUT2D eigenvalue weighted by molar-refractivity contribution is 5.97. The predicted molar refractivity (Wildman–Crippen MR) is 114 cm³/mol. The second kappa shape index (κ2) is 7.76. The number of aromatic nitrogens is 2. The zero-order chi connectivity index (χ0) is 20.3. The summed E-state index contributed by atoms with van der Waals surface area (Å²) >= 11 is 0. The molecule has 0 aliphatic rings. The van der Waals surface area contributed by atoms with Crippen LogP contribution in [0.5, 0.6) is 0 Å². The van der Waals surface area contributed by atoms with Gasteiger partial charge in [0, 0.05) is 12.1 Å². The van der Waals surface area contributed by atoms with E-state index in [1.165, 1.54) is 0 Å². The zero-order valence-corrected chi connectivity index (χ0v) is 16.8. The second-order valence-electron chi connectivity index (χ2n) is 7.85. The van der Waals surface area contributed by atoms with Crippen molar-refractivity contribution in [2.75, 3.05) is 11.1 Å². The van der Waals surface area contributed by atoms with Gasteiger partial charge >= 0.3 is 6.03 Å². The average molecular weight is 377 g/mol. The minimum Gasteiger partial charge on any atom is -0.382 e. The molecule has 1 aromatic heterocycles. The summed E-state index contributed by atoms with van der Waals surface area (Å²) in [5.74, 6) is 0.428. The number of nitrogens with one attached hydrogen (secondary N) is 2. The van der Waals surface area contributed by atoms with E-state index in [4.69, 9.17) is 5.73 Å². The van der Waals surface area contributed by atoms with Crippen molar-refractivity contribution in [2.45, 2.75) is 39.8 Å². The molecule has 3 rings (SSSR count). The highest BCUT2D eigenvalue weighted by Gasteiger charge is 2.25. The second-order valence-corrected chi connectivity index (χ2v) is 7.85. The van der Waals surface area contributed by atoms with E-state index in [1.54, 1.807) is 4.68 Å². The van der Waals surface area contributed by atoms with Gasteiger partial charge in [-0.3, -0.25) is 0 Å². The number of hydrogen-bond donors (Lipinski definition) is 3. The normalized spacial score (nSPS) is 11.3. The molecule has 0 aliphatic heterocycles. The standard InChI is InChI=1S/C22H27N5O/c1-15-9-8-10-16(13-15)14-24-21(28)25-19-18(17-11-6-5-7-12-17)26-27(20(19)23)22(2,3)4/h5-13H,14,23H2,1-4H3,(H2,24,25,28). The van der Waals surface area contributed by atoms with Gasteiger partial charge in [-0.1, -0.05) is 60.2 Å². The smallest absolute Gasteiger partial charge is 0.319 e. The number of carbonyl (C=O) groups is 1. The molecule has 4 N–H and O–H groups in total. The first kappa shape index (κ1) is 19.5. The average Bonchev–Trinajstić information content (AvgIpc) is 2.98. The monoisotopic (exact) mass is 377 g/mol. The van der Waals surface area contributed by atoms with E-state index in [9.17, 15) is 4.79 Å². The van der Waals surface area contributed by atoms with Gasteiger partial charge in [-0.05, 0) is 33.3 Å². The third kappa shape index (κ3) is 4.34. The first-order valence-electron chi connectivity index (χ1n) is 9.30. The van der Waals surface area contributed by atoms with Crippen molar-refractivity contribution in [1.82, 2.24) is 15.1 Å². The van der Waals surface area contributed by atoms with Gasteiger partial charge in [-0.15, -0.1) is 0 Å². The molecule has 3 aromatic rings. The number of anilines is 2. The Kier molecular flexibility index (Phi) is 5.40. The van der Waals surface area contributed by atoms with Crippen molar-refractivity contribution in [2.24, 2.45) is 0 Å². The largest absolute Gasteiger partial charge is 0.382 e. The molecule has 28 heavy (non-hydrogen) atoms. The van der Waals surface area contributed by atoms with E-state index in [0.717, 1.165) is 16.7 Å². The van der Waals surface area contributed by atoms with Crippen molar-refractivity contribution in [1.29, 1.82) is 0 Å². The number of nitrogens with two attached hydrogens (primary N) is 1. The van der Waals surface area contributed by atoms with Gasteiger partial charge < -0.3 is 16.4 Å². The number of urea groups is 1. The van der Waals surface area contributed by atoms with Crippen LogP contribution in [-0.2, 0) is 12.1 Å². The molecule has 6 heteroatoms. The van der Waals surface area contributed by atoms with E-state index in [0.29, 0.717) is 23.7 Å². The highest BCUT2D eigenvalue weighted by Crippen LogP contribution is 2.35. The number of hydrogen-bond acceptors (Lipinski definition) is 3. The molecule has 0 bridgehead atoms. The molecule has 0 radical (unpaired) electrons. The summed E-state index contributed by atoms with van der Waals surface area (Å²) in [6, 6.07) is 17.4. The Hall–Kier alpha value is -3.28. The Morgan fingerprint density at radius 3 is 2.46 bits per heavy atom. The van der Waals surface area contributed by atoms with Crippen LogP contribution in [0.4, 0.5) is 16.3 Å². The first-order chi connectivity index (χ1) is 13.3. The maximum Gasteiger partial charge on any atom is 0.319 e. The summed E-state index contributed by atoms with van der Waals surface area (Å²) in [5.41, 5.74) is 10.3. The van der Waals surface area contributed by atoms with Crippen LogP contribution in [0.1, 0.15) is 31.9 Å². The van der Waals surface area contributed by atoms with Gasteiger partial charge in [0.1, 0.15) is 17.2 Å². The highest BCUT2D eigenvalue weighted by atomic mass is 16.2. The molecule has 2 amide bonds. The van der Waals surface area contributed by atoms with Crippen LogP contribution in [0.25, 0.3) is 11.3 Å². The molecule has 0 saturated heterocycles. The van der Waals surface area contributed by atoms with Crippen molar-refractivity contribution in [3.05, 3.63) is 65.7 Å². The molecule has 0 aliphatic carbocycles. The van der Waals surface area contributed by atoms with Crippen LogP contribution in [0.3, 0.4) is 0 Å². The number of carbonyl (C=O) groups excluding carboxylic acids is 1. The molecular formula is C22H27N5O.